The Morgan fingerprint density at radius 3 is 2.43 bits per heavy atom. The third-order valence-electron chi connectivity index (χ3n) is 7.82. The summed E-state index contributed by atoms with van der Waals surface area (Å²) in [7, 11) is 0. The minimum Gasteiger partial charge on any atom is -0.618 e. The number of carbonyl (C=O) groups excluding carboxylic acids is 2. The van der Waals surface area contributed by atoms with Crippen LogP contribution in [0, 0.1) is 11.1 Å². The van der Waals surface area contributed by atoms with Crippen molar-refractivity contribution in [2.75, 3.05) is 17.6 Å². The van der Waals surface area contributed by atoms with Crippen LogP contribution in [0.1, 0.15) is 48.8 Å². The second-order valence-corrected chi connectivity index (χ2v) is 11.8. The van der Waals surface area contributed by atoms with Gasteiger partial charge in [-0.25, -0.2) is 0 Å². The minimum atomic E-state index is -5.05. The number of alkyl halides is 3. The number of aromatic nitrogens is 1. The molecule has 3 aromatic rings. The number of hydrogen-bond acceptors (Lipinski definition) is 7. The Kier molecular flexibility index (Phi) is 9.78. The van der Waals surface area contributed by atoms with Crippen LogP contribution in [0.4, 0.5) is 18.9 Å². The molecule has 2 aromatic carbocycles. The first-order chi connectivity index (χ1) is 21.0. The summed E-state index contributed by atoms with van der Waals surface area (Å²) < 4.78 is 52.6. The minimum absolute atomic E-state index is 0.0844. The first-order valence-corrected chi connectivity index (χ1v) is 15.1. The van der Waals surface area contributed by atoms with Crippen LogP contribution in [-0.2, 0) is 25.7 Å². The Balaban J connectivity index is 1.31. The summed E-state index contributed by atoms with van der Waals surface area (Å²) in [5.74, 6) is -2.33. The molecular weight excluding hydrogens is 599 g/mol. The van der Waals surface area contributed by atoms with E-state index in [1.165, 1.54) is 18.0 Å². The molecule has 2 amide bonds. The lowest BCUT2D eigenvalue weighted by Gasteiger charge is -2.41. The van der Waals surface area contributed by atoms with Crippen LogP contribution in [0.15, 0.2) is 78.0 Å². The summed E-state index contributed by atoms with van der Waals surface area (Å²) >= 11 is 1.37. The fourth-order valence-corrected chi connectivity index (χ4v) is 6.48. The molecule has 2 aliphatic rings. The normalized spacial score (nSPS) is 23.8. The average molecular weight is 632 g/mol. The highest BCUT2D eigenvalue weighted by molar-refractivity contribution is 7.99. The molecule has 0 aliphatic carbocycles. The van der Waals surface area contributed by atoms with Crippen LogP contribution in [0.25, 0.3) is 0 Å². The number of halogens is 3. The Bertz CT molecular complexity index is 1460. The van der Waals surface area contributed by atoms with Crippen LogP contribution in [0.3, 0.4) is 0 Å². The van der Waals surface area contributed by atoms with E-state index >= 15 is 0 Å². The van der Waals surface area contributed by atoms with Gasteiger partial charge in [-0.05, 0) is 42.2 Å². The number of likely N-dealkylation sites (tertiary alicyclic amines) is 1. The van der Waals surface area contributed by atoms with Crippen molar-refractivity contribution >= 4 is 29.3 Å². The number of anilines is 1. The van der Waals surface area contributed by atoms with Gasteiger partial charge in [0.15, 0.2) is 12.5 Å². The van der Waals surface area contributed by atoms with Crippen molar-refractivity contribution in [3.63, 3.8) is 0 Å². The molecule has 2 fully saturated rings. The lowest BCUT2D eigenvalue weighted by molar-refractivity contribution is -0.645. The maximum absolute atomic E-state index is 13.0. The zero-order chi connectivity index (χ0) is 31.4. The molecule has 234 valence electrons. The van der Waals surface area contributed by atoms with Crippen LogP contribution < -0.4 is 10.0 Å². The Hall–Kier alpha value is -3.65. The Morgan fingerprint density at radius 1 is 1.07 bits per heavy atom. The molecule has 5 rings (SSSR count). The largest absolute Gasteiger partial charge is 0.618 e. The van der Waals surface area contributed by atoms with Crippen molar-refractivity contribution in [2.24, 2.45) is 5.92 Å². The second kappa shape index (κ2) is 13.6. The van der Waals surface area contributed by atoms with Gasteiger partial charge >= 0.3 is 12.1 Å². The van der Waals surface area contributed by atoms with Gasteiger partial charge < -0.3 is 30.0 Å². The number of carbonyl (C=O) groups is 2. The molecule has 2 saturated heterocycles. The molecule has 1 aromatic heterocycles. The van der Waals surface area contributed by atoms with E-state index < -0.39 is 30.3 Å². The van der Waals surface area contributed by atoms with Gasteiger partial charge in [0.1, 0.15) is 6.04 Å². The molecule has 13 heteroatoms. The fourth-order valence-electron chi connectivity index (χ4n) is 5.40. The summed E-state index contributed by atoms with van der Waals surface area (Å²) in [6.07, 6.45) is -4.66. The van der Waals surface area contributed by atoms with E-state index in [0.717, 1.165) is 15.9 Å². The zero-order valence-corrected chi connectivity index (χ0v) is 24.6. The second-order valence-electron chi connectivity index (χ2n) is 10.8. The molecule has 44 heavy (non-hydrogen) atoms. The van der Waals surface area contributed by atoms with E-state index in [9.17, 15) is 33.1 Å². The quantitative estimate of drug-likeness (QED) is 0.207. The van der Waals surface area contributed by atoms with Crippen molar-refractivity contribution in [3.05, 3.63) is 94.8 Å². The summed E-state index contributed by atoms with van der Waals surface area (Å²) in [6, 6.07) is 18.0. The lowest BCUT2D eigenvalue weighted by Crippen LogP contribution is -2.48. The third kappa shape index (κ3) is 7.17. The van der Waals surface area contributed by atoms with Gasteiger partial charge in [-0.2, -0.15) is 17.9 Å². The molecule has 3 heterocycles. The van der Waals surface area contributed by atoms with Gasteiger partial charge in [-0.15, -0.1) is 0 Å². The Morgan fingerprint density at radius 2 is 1.77 bits per heavy atom. The van der Waals surface area contributed by atoms with Crippen molar-refractivity contribution in [3.8, 4) is 0 Å². The van der Waals surface area contributed by atoms with E-state index in [2.05, 4.69) is 5.32 Å². The van der Waals surface area contributed by atoms with E-state index in [1.54, 1.807) is 42.5 Å². The number of benzene rings is 2. The lowest BCUT2D eigenvalue weighted by atomic mass is 9.91. The standard InChI is InChI=1S/C31H32F3N3O6S/c1-19-25(18-44-26-6-2-3-16-37(26)41)42-29(43-27(19)21-9-7-20(17-38)8-10-21)22-11-13-23(14-12-22)35-28(39)24-5-4-15-36(24)30(40)31(32,33)34/h2-3,6-14,16,19,24-25,27,29,38H,4-5,15,17-18H2,1H3,(H,35,39)/t19-,24-,25+,27+,29+/m0/s1. The number of thioether (sulfide) groups is 1. The summed E-state index contributed by atoms with van der Waals surface area (Å²) in [4.78, 5) is 25.2. The number of aliphatic hydroxyl groups is 1. The Labute approximate surface area is 256 Å². The third-order valence-corrected chi connectivity index (χ3v) is 8.92. The van der Waals surface area contributed by atoms with E-state index in [1.807, 2.05) is 31.2 Å². The number of ether oxygens (including phenoxy) is 2. The van der Waals surface area contributed by atoms with Gasteiger partial charge in [-0.1, -0.05) is 55.1 Å². The zero-order valence-electron chi connectivity index (χ0n) is 23.8. The molecule has 0 radical (unpaired) electrons. The van der Waals surface area contributed by atoms with Gasteiger partial charge in [-0.3, -0.25) is 9.59 Å². The van der Waals surface area contributed by atoms with Gasteiger partial charge in [0, 0.05) is 41.6 Å². The topological polar surface area (TPSA) is 115 Å². The SMILES string of the molecule is C[C@H]1[C@@H](CSc2cccc[n+]2[O-])O[C@@H](c2ccc(NC(=O)[C@@H]3CCCN3C(=O)C(F)(F)F)cc2)O[C@H]1c1ccc(CO)cc1. The van der Waals surface area contributed by atoms with E-state index in [4.69, 9.17) is 9.47 Å². The van der Waals surface area contributed by atoms with Crippen LogP contribution in [0.5, 0.6) is 0 Å². The maximum Gasteiger partial charge on any atom is 0.471 e. The highest BCUT2D eigenvalue weighted by Gasteiger charge is 2.47. The maximum atomic E-state index is 13.0. The van der Waals surface area contributed by atoms with Crippen LogP contribution in [-0.4, -0.2) is 52.4 Å². The first kappa shape index (κ1) is 31.8. The predicted molar refractivity (Wildman–Crippen MR) is 155 cm³/mol. The number of hydrogen-bond donors (Lipinski definition) is 2. The smallest absolute Gasteiger partial charge is 0.471 e. The predicted octanol–water partition coefficient (Wildman–Crippen LogP) is 4.89. The number of pyridine rings is 1. The van der Waals surface area contributed by atoms with Crippen molar-refractivity contribution < 1.29 is 42.1 Å². The monoisotopic (exact) mass is 631 g/mol. The molecular formula is C31H32F3N3O6S. The van der Waals surface area contributed by atoms with Gasteiger partial charge in [0.05, 0.1) is 18.8 Å². The van der Waals surface area contributed by atoms with Gasteiger partial charge in [0.25, 0.3) is 5.03 Å². The summed E-state index contributed by atoms with van der Waals surface area (Å²) in [5, 5.41) is 24.8. The molecule has 5 atom stereocenters. The first-order valence-electron chi connectivity index (χ1n) is 14.2. The number of nitrogens with zero attached hydrogens (tertiary/aromatic N) is 2. The fraction of sp³-hybridized carbons (Fsp3) is 0.387. The van der Waals surface area contributed by atoms with Crippen molar-refractivity contribution in [2.45, 2.75) is 62.1 Å². The van der Waals surface area contributed by atoms with Crippen LogP contribution >= 0.6 is 11.8 Å². The number of amides is 2. The van der Waals surface area contributed by atoms with Crippen molar-refractivity contribution in [1.82, 2.24) is 4.90 Å². The van der Waals surface area contributed by atoms with Crippen molar-refractivity contribution in [1.29, 1.82) is 0 Å². The summed E-state index contributed by atoms with van der Waals surface area (Å²) in [5.41, 5.74) is 2.66. The molecule has 0 spiro atoms. The number of aliphatic hydroxyl groups excluding tert-OH is 1. The van der Waals surface area contributed by atoms with E-state index in [0.29, 0.717) is 33.4 Å². The van der Waals surface area contributed by atoms with E-state index in [-0.39, 0.29) is 37.7 Å². The van der Waals surface area contributed by atoms with Gasteiger partial charge in [0.2, 0.25) is 5.91 Å². The molecule has 0 saturated carbocycles. The highest BCUT2D eigenvalue weighted by atomic mass is 32.2. The molecule has 2 N–H and O–H groups in total. The average Bonchev–Trinajstić information content (AvgIpc) is 3.51. The van der Waals surface area contributed by atoms with Crippen LogP contribution in [0.2, 0.25) is 0 Å². The molecule has 0 bridgehead atoms. The molecule has 0 unspecified atom stereocenters. The molecule has 2 aliphatic heterocycles. The summed E-state index contributed by atoms with van der Waals surface area (Å²) in [6.45, 7) is 1.79. The number of nitrogens with one attached hydrogen (secondary N) is 1. The highest BCUT2D eigenvalue weighted by Crippen LogP contribution is 2.43. The number of rotatable bonds is 8. The molecule has 9 nitrogen and oxygen atoms in total.